The highest BCUT2D eigenvalue weighted by Crippen LogP contribution is 2.38. The van der Waals surface area contributed by atoms with Crippen molar-refractivity contribution in [2.75, 3.05) is 20.2 Å². The van der Waals surface area contributed by atoms with E-state index >= 15 is 0 Å². The molecule has 0 radical (unpaired) electrons. The predicted molar refractivity (Wildman–Crippen MR) is 139 cm³/mol. The Morgan fingerprint density at radius 3 is 2.51 bits per heavy atom. The van der Waals surface area contributed by atoms with Crippen molar-refractivity contribution in [1.29, 1.82) is 0 Å². The molecule has 5 N–H and O–H groups in total. The Bertz CT molecular complexity index is 777. The van der Waals surface area contributed by atoms with E-state index in [1.165, 1.54) is 5.56 Å². The number of unbranched alkanes of at least 4 members (excludes halogenated alkanes) is 2. The van der Waals surface area contributed by atoms with E-state index in [-0.39, 0.29) is 29.7 Å². The lowest BCUT2D eigenvalue weighted by Gasteiger charge is -2.23. The number of aliphatic hydroxyl groups is 3. The molecule has 0 unspecified atom stereocenters. The second-order valence-electron chi connectivity index (χ2n) is 10.2. The van der Waals surface area contributed by atoms with Crippen LogP contribution in [0.2, 0.25) is 0 Å². The van der Waals surface area contributed by atoms with Gasteiger partial charge in [0, 0.05) is 20.0 Å². The lowest BCUT2D eigenvalue weighted by atomic mass is 9.85. The van der Waals surface area contributed by atoms with Crippen LogP contribution < -0.4 is 0 Å². The summed E-state index contributed by atoms with van der Waals surface area (Å²) in [5.41, 5.74) is 1.21. The summed E-state index contributed by atoms with van der Waals surface area (Å²) in [7, 11) is 1.76. The van der Waals surface area contributed by atoms with Crippen LogP contribution in [0.3, 0.4) is 0 Å². The minimum atomic E-state index is -0.541. The molecule has 1 aliphatic rings. The molecule has 37 heavy (non-hydrogen) atoms. The van der Waals surface area contributed by atoms with E-state index in [1.54, 1.807) is 11.9 Å². The van der Waals surface area contributed by atoms with E-state index < -0.39 is 18.3 Å². The van der Waals surface area contributed by atoms with Gasteiger partial charge in [-0.3, -0.25) is 20.0 Å². The average Bonchev–Trinajstić information content (AvgIpc) is 3.15. The Morgan fingerprint density at radius 1 is 1.05 bits per heavy atom. The van der Waals surface area contributed by atoms with Crippen molar-refractivity contribution in [3.8, 4) is 0 Å². The lowest BCUT2D eigenvalue weighted by Crippen LogP contribution is -2.27. The highest BCUT2D eigenvalue weighted by Gasteiger charge is 2.40. The van der Waals surface area contributed by atoms with Crippen LogP contribution in [0.1, 0.15) is 69.8 Å². The molecule has 1 aliphatic carbocycles. The van der Waals surface area contributed by atoms with Crippen molar-refractivity contribution in [2.24, 2.45) is 11.8 Å². The average molecular weight is 523 g/mol. The van der Waals surface area contributed by atoms with Crippen molar-refractivity contribution < 1.29 is 35.4 Å². The smallest absolute Gasteiger partial charge is 0.222 e. The van der Waals surface area contributed by atoms with Crippen molar-refractivity contribution in [3.63, 3.8) is 0 Å². The number of aliphatic hydroxyl groups excluding tert-OH is 3. The third-order valence-electron chi connectivity index (χ3n) is 7.32. The molecule has 210 valence electrons. The van der Waals surface area contributed by atoms with Gasteiger partial charge in [0.25, 0.3) is 0 Å². The molecule has 1 fully saturated rings. The van der Waals surface area contributed by atoms with Crippen LogP contribution in [0, 0.1) is 11.8 Å². The summed E-state index contributed by atoms with van der Waals surface area (Å²) in [6.07, 6.45) is 9.74. The fourth-order valence-electron chi connectivity index (χ4n) is 5.07. The van der Waals surface area contributed by atoms with Crippen LogP contribution in [-0.2, 0) is 16.1 Å². The third kappa shape index (κ3) is 12.5. The van der Waals surface area contributed by atoms with Crippen LogP contribution in [0.5, 0.6) is 0 Å². The van der Waals surface area contributed by atoms with Gasteiger partial charge in [0.2, 0.25) is 5.91 Å². The topological polar surface area (TPSA) is 134 Å². The SMILES string of the molecule is CN(CCCCON(O)O)C(=O)CCC/C=C\C[C@@H]1[C@@H](CC[C@@H](O)CCc2ccccc2)[C@H](O)C[C@@H]1O. The molecule has 0 heterocycles. The Morgan fingerprint density at radius 2 is 1.78 bits per heavy atom. The number of amides is 1. The fourth-order valence-corrected chi connectivity index (χ4v) is 5.07. The maximum atomic E-state index is 12.2. The van der Waals surface area contributed by atoms with Crippen molar-refractivity contribution in [3.05, 3.63) is 48.0 Å². The first-order chi connectivity index (χ1) is 17.8. The largest absolute Gasteiger partial charge is 0.393 e. The van der Waals surface area contributed by atoms with Crippen LogP contribution >= 0.6 is 0 Å². The quantitative estimate of drug-likeness (QED) is 0.112. The zero-order valence-corrected chi connectivity index (χ0v) is 22.1. The number of hydrogen-bond donors (Lipinski definition) is 5. The molecule has 1 aromatic rings. The van der Waals surface area contributed by atoms with Crippen LogP contribution in [0.15, 0.2) is 42.5 Å². The van der Waals surface area contributed by atoms with Crippen LogP contribution in [0.25, 0.3) is 0 Å². The molecule has 2 rings (SSSR count). The summed E-state index contributed by atoms with van der Waals surface area (Å²) in [6, 6.07) is 10.1. The van der Waals surface area contributed by atoms with Gasteiger partial charge in [-0.1, -0.05) is 42.5 Å². The normalized spacial score (nSPS) is 22.7. The van der Waals surface area contributed by atoms with Gasteiger partial charge in [-0.05, 0) is 81.6 Å². The molecule has 1 amide bonds. The summed E-state index contributed by atoms with van der Waals surface area (Å²) in [5, 5.41) is 48.0. The summed E-state index contributed by atoms with van der Waals surface area (Å²) in [5.74, 6) is 0.0260. The predicted octanol–water partition coefficient (Wildman–Crippen LogP) is 3.49. The number of aryl methyl sites for hydroxylation is 1. The number of carbonyl (C=O) groups excluding carboxylic acids is 1. The van der Waals surface area contributed by atoms with E-state index in [9.17, 15) is 20.1 Å². The van der Waals surface area contributed by atoms with Gasteiger partial charge in [-0.15, -0.1) is 0 Å². The van der Waals surface area contributed by atoms with E-state index in [2.05, 4.69) is 17.0 Å². The number of benzene rings is 1. The molecule has 0 aliphatic heterocycles. The van der Waals surface area contributed by atoms with Crippen LogP contribution in [-0.4, -0.2) is 80.4 Å². The monoisotopic (exact) mass is 522 g/mol. The highest BCUT2D eigenvalue weighted by atomic mass is 17.1. The Kier molecular flexibility index (Phi) is 14.9. The highest BCUT2D eigenvalue weighted by molar-refractivity contribution is 5.75. The number of hydrogen-bond acceptors (Lipinski definition) is 8. The first-order valence-corrected chi connectivity index (χ1v) is 13.6. The summed E-state index contributed by atoms with van der Waals surface area (Å²) in [6.45, 7) is 0.751. The molecule has 1 saturated carbocycles. The van der Waals surface area contributed by atoms with E-state index in [0.29, 0.717) is 57.9 Å². The Balaban J connectivity index is 1.63. The summed E-state index contributed by atoms with van der Waals surface area (Å²) in [4.78, 5) is 18.4. The minimum Gasteiger partial charge on any atom is -0.393 e. The molecule has 0 bridgehead atoms. The molecule has 5 atom stereocenters. The van der Waals surface area contributed by atoms with E-state index in [1.807, 2.05) is 30.4 Å². The lowest BCUT2D eigenvalue weighted by molar-refractivity contribution is -0.492. The molecule has 9 nitrogen and oxygen atoms in total. The second kappa shape index (κ2) is 17.6. The summed E-state index contributed by atoms with van der Waals surface area (Å²) < 4.78 is 0. The Labute approximate surface area is 220 Å². The zero-order chi connectivity index (χ0) is 27.0. The van der Waals surface area contributed by atoms with E-state index in [4.69, 9.17) is 10.4 Å². The molecule has 9 heteroatoms. The number of carbonyl (C=O) groups is 1. The molecule has 1 aromatic carbocycles. The van der Waals surface area contributed by atoms with Crippen molar-refractivity contribution in [1.82, 2.24) is 10.3 Å². The molecular weight excluding hydrogens is 476 g/mol. The first kappa shape index (κ1) is 31.4. The molecule has 0 saturated heterocycles. The van der Waals surface area contributed by atoms with Gasteiger partial charge >= 0.3 is 0 Å². The number of allylic oxidation sites excluding steroid dienone is 2. The van der Waals surface area contributed by atoms with Gasteiger partial charge in [-0.2, -0.15) is 0 Å². The summed E-state index contributed by atoms with van der Waals surface area (Å²) >= 11 is 0. The fraction of sp³-hybridized carbons (Fsp3) is 0.679. The van der Waals surface area contributed by atoms with Gasteiger partial charge in [-0.25, -0.2) is 0 Å². The van der Waals surface area contributed by atoms with E-state index in [0.717, 1.165) is 19.3 Å². The maximum Gasteiger partial charge on any atom is 0.222 e. The maximum absolute atomic E-state index is 12.2. The van der Waals surface area contributed by atoms with Gasteiger partial charge in [0.1, 0.15) is 0 Å². The second-order valence-corrected chi connectivity index (χ2v) is 10.2. The first-order valence-electron chi connectivity index (χ1n) is 13.6. The van der Waals surface area contributed by atoms with Gasteiger partial charge in [0.15, 0.2) is 0 Å². The standard InChI is InChI=1S/C28H46N2O7/c1-29(19-9-10-20-37-30(35)36)28(34)14-8-3-2-7-13-24-25(27(33)21-26(24)32)18-17-23(31)16-15-22-11-5-4-6-12-22/h2,4-7,11-12,23-27,31-33,35-36H,3,8-10,13-21H2,1H3/b7-2-/t23-,24+,25+,26-,27+/m0/s1. The number of nitrogens with zero attached hydrogens (tertiary/aromatic N) is 2. The number of rotatable bonds is 18. The third-order valence-corrected chi connectivity index (χ3v) is 7.32. The molecule has 0 spiro atoms. The van der Waals surface area contributed by atoms with Crippen LogP contribution in [0.4, 0.5) is 0 Å². The van der Waals surface area contributed by atoms with Gasteiger partial charge < -0.3 is 20.2 Å². The zero-order valence-electron chi connectivity index (χ0n) is 22.1. The minimum absolute atomic E-state index is 0.0203. The van der Waals surface area contributed by atoms with Crippen molar-refractivity contribution in [2.45, 2.75) is 88.9 Å². The molecule has 0 aromatic heterocycles. The molecular formula is C28H46N2O7. The Hall–Kier alpha value is -1.85. The van der Waals surface area contributed by atoms with Gasteiger partial charge in [0.05, 0.1) is 30.3 Å². The van der Waals surface area contributed by atoms with Crippen molar-refractivity contribution >= 4 is 5.91 Å².